The van der Waals surface area contributed by atoms with Crippen LogP contribution in [0.25, 0.3) is 0 Å². The van der Waals surface area contributed by atoms with Gasteiger partial charge in [-0.2, -0.15) is 0 Å². The van der Waals surface area contributed by atoms with Gasteiger partial charge in [0, 0.05) is 18.0 Å². The summed E-state index contributed by atoms with van der Waals surface area (Å²) in [5, 5.41) is 9.03. The lowest BCUT2D eigenvalue weighted by Crippen LogP contribution is -2.36. The maximum absolute atomic E-state index is 11.0. The summed E-state index contributed by atoms with van der Waals surface area (Å²) in [6.45, 7) is 4.82. The second-order valence-corrected chi connectivity index (χ2v) is 7.11. The molecule has 1 heterocycles. The minimum atomic E-state index is -0.758. The molecule has 0 aromatic carbocycles. The average molecular weight is 306 g/mol. The van der Waals surface area contributed by atoms with Crippen LogP contribution in [0.2, 0.25) is 0 Å². The van der Waals surface area contributed by atoms with Crippen molar-refractivity contribution >= 4 is 33.2 Å². The van der Waals surface area contributed by atoms with Gasteiger partial charge in [-0.05, 0) is 49.0 Å². The number of nitrogens with zero attached hydrogens (tertiary/aromatic N) is 1. The van der Waals surface area contributed by atoms with Gasteiger partial charge in [0.1, 0.15) is 0 Å². The van der Waals surface area contributed by atoms with Crippen molar-refractivity contribution < 1.29 is 9.90 Å². The smallest absolute Gasteiger partial charge is 0.310 e. The molecule has 0 saturated heterocycles. The Morgan fingerprint density at radius 1 is 1.56 bits per heavy atom. The van der Waals surface area contributed by atoms with Gasteiger partial charge < -0.3 is 10.0 Å². The van der Waals surface area contributed by atoms with Gasteiger partial charge in [0.05, 0.1) is 9.20 Å². The maximum Gasteiger partial charge on any atom is 0.310 e. The predicted molar refractivity (Wildman–Crippen MR) is 69.8 cm³/mol. The molecule has 0 aliphatic heterocycles. The fraction of sp³-hybridized carbons (Fsp3) is 0.545. The second kappa shape index (κ2) is 5.29. The van der Waals surface area contributed by atoms with Crippen molar-refractivity contribution in [2.45, 2.75) is 20.4 Å². The van der Waals surface area contributed by atoms with Crippen molar-refractivity contribution in [2.24, 2.45) is 5.41 Å². The quantitative estimate of drug-likeness (QED) is 0.909. The monoisotopic (exact) mass is 305 g/mol. The molecule has 0 fully saturated rings. The fourth-order valence-corrected chi connectivity index (χ4v) is 3.06. The summed E-state index contributed by atoms with van der Waals surface area (Å²) < 4.78 is 1.10. The van der Waals surface area contributed by atoms with Crippen molar-refractivity contribution in [2.75, 3.05) is 13.6 Å². The van der Waals surface area contributed by atoms with Crippen LogP contribution in [-0.4, -0.2) is 29.6 Å². The molecule has 90 valence electrons. The van der Waals surface area contributed by atoms with Crippen LogP contribution in [0.15, 0.2) is 15.9 Å². The Balaban J connectivity index is 2.54. The minimum absolute atomic E-state index is 0.540. The number of aliphatic carboxylic acids is 1. The molecule has 1 rings (SSSR count). The first-order valence-corrected chi connectivity index (χ1v) is 6.58. The van der Waals surface area contributed by atoms with Crippen molar-refractivity contribution in [3.8, 4) is 0 Å². The summed E-state index contributed by atoms with van der Waals surface area (Å²) in [4.78, 5) is 14.2. The lowest BCUT2D eigenvalue weighted by molar-refractivity contribution is -0.147. The van der Waals surface area contributed by atoms with Crippen LogP contribution < -0.4 is 0 Å². The zero-order valence-corrected chi connectivity index (χ0v) is 12.1. The Hall–Kier alpha value is -0.390. The highest BCUT2D eigenvalue weighted by Gasteiger charge is 2.28. The summed E-state index contributed by atoms with van der Waals surface area (Å²) in [6, 6.07) is 4.06. The molecular formula is C11H16BrNO2S. The molecule has 0 bridgehead atoms. The van der Waals surface area contributed by atoms with Gasteiger partial charge >= 0.3 is 5.97 Å². The summed E-state index contributed by atoms with van der Waals surface area (Å²) >= 11 is 5.09. The third-order valence-corrected chi connectivity index (χ3v) is 3.91. The Labute approximate surface area is 108 Å². The van der Waals surface area contributed by atoms with E-state index in [9.17, 15) is 4.79 Å². The van der Waals surface area contributed by atoms with Crippen LogP contribution in [0.3, 0.4) is 0 Å². The van der Waals surface area contributed by atoms with Gasteiger partial charge in [-0.3, -0.25) is 4.79 Å². The van der Waals surface area contributed by atoms with E-state index >= 15 is 0 Å². The van der Waals surface area contributed by atoms with Crippen LogP contribution in [0.4, 0.5) is 0 Å². The Bertz CT molecular complexity index is 376. The zero-order chi connectivity index (χ0) is 12.3. The highest BCUT2D eigenvalue weighted by atomic mass is 79.9. The number of carboxylic acids is 1. The van der Waals surface area contributed by atoms with Crippen LogP contribution in [0.1, 0.15) is 18.7 Å². The number of hydrogen-bond donors (Lipinski definition) is 1. The number of halogens is 1. The van der Waals surface area contributed by atoms with Crippen molar-refractivity contribution in [1.82, 2.24) is 4.90 Å². The molecule has 0 radical (unpaired) electrons. The topological polar surface area (TPSA) is 40.5 Å². The molecule has 0 aliphatic carbocycles. The zero-order valence-electron chi connectivity index (χ0n) is 9.66. The van der Waals surface area contributed by atoms with E-state index in [1.54, 1.807) is 25.2 Å². The minimum Gasteiger partial charge on any atom is -0.481 e. The summed E-state index contributed by atoms with van der Waals surface area (Å²) in [5.74, 6) is -0.758. The maximum atomic E-state index is 11.0. The van der Waals surface area contributed by atoms with Crippen molar-refractivity contribution in [3.63, 3.8) is 0 Å². The third kappa shape index (κ3) is 3.88. The molecule has 16 heavy (non-hydrogen) atoms. The van der Waals surface area contributed by atoms with Crippen LogP contribution in [0.5, 0.6) is 0 Å². The van der Waals surface area contributed by atoms with E-state index in [0.29, 0.717) is 6.54 Å². The summed E-state index contributed by atoms with van der Waals surface area (Å²) in [6.07, 6.45) is 0. The molecule has 3 nitrogen and oxygen atoms in total. The summed E-state index contributed by atoms with van der Waals surface area (Å²) in [7, 11) is 1.94. The molecule has 0 atom stereocenters. The number of carboxylic acid groups (broad SMARTS) is 1. The van der Waals surface area contributed by atoms with Gasteiger partial charge in [0.25, 0.3) is 0 Å². The van der Waals surface area contributed by atoms with E-state index in [1.807, 2.05) is 18.0 Å². The first-order valence-electron chi connectivity index (χ1n) is 4.97. The Morgan fingerprint density at radius 2 is 2.19 bits per heavy atom. The Kier molecular flexibility index (Phi) is 4.52. The van der Waals surface area contributed by atoms with Crippen molar-refractivity contribution in [3.05, 3.63) is 20.8 Å². The molecule has 0 amide bonds. The van der Waals surface area contributed by atoms with Gasteiger partial charge in [-0.25, -0.2) is 0 Å². The standard InChI is InChI=1S/C11H16BrNO2S/c1-11(2,10(14)15)7-13(3)6-8-4-5-9(12)16-8/h4-5H,6-7H2,1-3H3,(H,14,15). The first kappa shape index (κ1) is 13.7. The van der Waals surface area contributed by atoms with E-state index in [4.69, 9.17) is 5.11 Å². The average Bonchev–Trinajstić information content (AvgIpc) is 2.49. The highest BCUT2D eigenvalue weighted by Crippen LogP contribution is 2.24. The Morgan fingerprint density at radius 3 is 2.62 bits per heavy atom. The molecule has 0 aliphatic rings. The molecular weight excluding hydrogens is 290 g/mol. The lowest BCUT2D eigenvalue weighted by Gasteiger charge is -2.26. The van der Waals surface area contributed by atoms with Gasteiger partial charge in [0.15, 0.2) is 0 Å². The van der Waals surface area contributed by atoms with E-state index in [2.05, 4.69) is 22.0 Å². The molecule has 1 aromatic rings. The number of carbonyl (C=O) groups is 1. The van der Waals surface area contributed by atoms with Gasteiger partial charge in [-0.1, -0.05) is 0 Å². The number of thiophene rings is 1. The summed E-state index contributed by atoms with van der Waals surface area (Å²) in [5.41, 5.74) is -0.705. The van der Waals surface area contributed by atoms with Crippen molar-refractivity contribution in [1.29, 1.82) is 0 Å². The van der Waals surface area contributed by atoms with E-state index in [-0.39, 0.29) is 0 Å². The first-order chi connectivity index (χ1) is 7.31. The van der Waals surface area contributed by atoms with E-state index < -0.39 is 11.4 Å². The largest absolute Gasteiger partial charge is 0.481 e. The van der Waals surface area contributed by atoms with Crippen LogP contribution in [-0.2, 0) is 11.3 Å². The van der Waals surface area contributed by atoms with Gasteiger partial charge in [-0.15, -0.1) is 11.3 Å². The molecule has 0 spiro atoms. The fourth-order valence-electron chi connectivity index (χ4n) is 1.50. The molecule has 0 unspecified atom stereocenters. The van der Waals surface area contributed by atoms with E-state index in [0.717, 1.165) is 10.3 Å². The lowest BCUT2D eigenvalue weighted by atomic mass is 9.93. The number of hydrogen-bond acceptors (Lipinski definition) is 3. The third-order valence-electron chi connectivity index (χ3n) is 2.30. The van der Waals surface area contributed by atoms with Crippen LogP contribution in [0, 0.1) is 5.41 Å². The normalized spacial score (nSPS) is 12.1. The molecule has 5 heteroatoms. The molecule has 1 N–H and O–H groups in total. The molecule has 1 aromatic heterocycles. The highest BCUT2D eigenvalue weighted by molar-refractivity contribution is 9.11. The SMILES string of the molecule is CN(Cc1ccc(Br)s1)CC(C)(C)C(=O)O. The number of rotatable bonds is 5. The second-order valence-electron chi connectivity index (χ2n) is 4.57. The van der Waals surface area contributed by atoms with Crippen LogP contribution >= 0.6 is 27.3 Å². The molecule has 0 saturated carbocycles. The predicted octanol–water partition coefficient (Wildman–Crippen LogP) is 3.05. The van der Waals surface area contributed by atoms with E-state index in [1.165, 1.54) is 4.88 Å². The van der Waals surface area contributed by atoms with Gasteiger partial charge in [0.2, 0.25) is 0 Å².